The van der Waals surface area contributed by atoms with Crippen LogP contribution < -0.4 is 14.2 Å². The molecule has 1 aliphatic heterocycles. The molecule has 1 aliphatic rings. The number of benzene rings is 2. The van der Waals surface area contributed by atoms with Gasteiger partial charge < -0.3 is 14.6 Å². The van der Waals surface area contributed by atoms with Crippen LogP contribution in [0.15, 0.2) is 35.2 Å². The molecule has 0 spiro atoms. The largest absolute Gasteiger partial charge is 0.486 e. The Morgan fingerprint density at radius 2 is 1.92 bits per heavy atom. The summed E-state index contributed by atoms with van der Waals surface area (Å²) in [6.45, 7) is 0.315. The van der Waals surface area contributed by atoms with Crippen LogP contribution in [-0.4, -0.2) is 32.7 Å². The summed E-state index contributed by atoms with van der Waals surface area (Å²) < 4.78 is 50.9. The van der Waals surface area contributed by atoms with E-state index in [-0.39, 0.29) is 45.9 Å². The number of fused-ring (bicyclic) bond motifs is 1. The molecule has 0 bridgehead atoms. The van der Waals surface area contributed by atoms with Crippen LogP contribution in [0.5, 0.6) is 11.5 Å². The molecule has 25 heavy (non-hydrogen) atoms. The number of rotatable bonds is 4. The van der Waals surface area contributed by atoms with E-state index in [1.54, 1.807) is 0 Å². The molecule has 2 aromatic rings. The van der Waals surface area contributed by atoms with Crippen LogP contribution in [0, 0.1) is 5.82 Å². The first kappa shape index (κ1) is 17.3. The van der Waals surface area contributed by atoms with E-state index in [2.05, 4.69) is 4.72 Å². The second-order valence-corrected chi connectivity index (χ2v) is 7.12. The van der Waals surface area contributed by atoms with Crippen LogP contribution in [-0.2, 0) is 10.0 Å². The van der Waals surface area contributed by atoms with Crippen LogP contribution in [0.2, 0.25) is 5.02 Å². The van der Waals surface area contributed by atoms with Crippen molar-refractivity contribution in [2.45, 2.75) is 4.90 Å². The first-order valence-electron chi connectivity index (χ1n) is 6.93. The summed E-state index contributed by atoms with van der Waals surface area (Å²) in [4.78, 5) is 11.0. The molecule has 0 radical (unpaired) electrons. The highest BCUT2D eigenvalue weighted by Crippen LogP contribution is 2.37. The monoisotopic (exact) mass is 387 g/mol. The van der Waals surface area contributed by atoms with Crippen molar-refractivity contribution < 1.29 is 32.2 Å². The summed E-state index contributed by atoms with van der Waals surface area (Å²) in [6.07, 6.45) is 0. The smallest absolute Gasteiger partial charge is 0.339 e. The fourth-order valence-electron chi connectivity index (χ4n) is 2.22. The highest BCUT2D eigenvalue weighted by atomic mass is 35.5. The minimum Gasteiger partial charge on any atom is -0.486 e. The number of halogens is 2. The average molecular weight is 388 g/mol. The normalized spacial score (nSPS) is 13.4. The highest BCUT2D eigenvalue weighted by Gasteiger charge is 2.26. The number of sulfonamides is 1. The number of hydrogen-bond acceptors (Lipinski definition) is 5. The van der Waals surface area contributed by atoms with Gasteiger partial charge in [0.1, 0.15) is 24.6 Å². The number of nitrogens with one attached hydrogen (secondary N) is 1. The quantitative estimate of drug-likeness (QED) is 0.836. The van der Waals surface area contributed by atoms with Crippen molar-refractivity contribution in [1.82, 2.24) is 0 Å². The highest BCUT2D eigenvalue weighted by molar-refractivity contribution is 7.92. The maximum absolute atomic E-state index is 13.1. The van der Waals surface area contributed by atoms with Gasteiger partial charge in [-0.15, -0.1) is 0 Å². The molecule has 0 saturated heterocycles. The van der Waals surface area contributed by atoms with Crippen LogP contribution in [0.25, 0.3) is 0 Å². The Kier molecular flexibility index (Phi) is 4.44. The van der Waals surface area contributed by atoms with Crippen molar-refractivity contribution in [1.29, 1.82) is 0 Å². The molecule has 2 N–H and O–H groups in total. The van der Waals surface area contributed by atoms with Gasteiger partial charge in [0.15, 0.2) is 11.5 Å². The predicted molar refractivity (Wildman–Crippen MR) is 86.6 cm³/mol. The van der Waals surface area contributed by atoms with E-state index in [9.17, 15) is 22.7 Å². The molecule has 1 heterocycles. The number of ether oxygens (including phenoxy) is 2. The fourth-order valence-corrected chi connectivity index (χ4v) is 3.61. The predicted octanol–water partition coefficient (Wildman–Crippen LogP) is 2.75. The Labute approximate surface area is 147 Å². The van der Waals surface area contributed by atoms with E-state index in [0.717, 1.165) is 30.3 Å². The molecule has 10 heteroatoms. The number of carbonyl (C=O) groups is 1. The van der Waals surface area contributed by atoms with Crippen LogP contribution in [0.1, 0.15) is 10.4 Å². The van der Waals surface area contributed by atoms with Gasteiger partial charge in [-0.2, -0.15) is 0 Å². The van der Waals surface area contributed by atoms with Gasteiger partial charge in [-0.3, -0.25) is 4.72 Å². The van der Waals surface area contributed by atoms with Crippen molar-refractivity contribution in [2.75, 3.05) is 17.9 Å². The van der Waals surface area contributed by atoms with Gasteiger partial charge in [-0.25, -0.2) is 17.6 Å². The van der Waals surface area contributed by atoms with Crippen molar-refractivity contribution in [3.63, 3.8) is 0 Å². The molecule has 3 rings (SSSR count). The van der Waals surface area contributed by atoms with Crippen molar-refractivity contribution in [3.8, 4) is 11.5 Å². The van der Waals surface area contributed by atoms with E-state index >= 15 is 0 Å². The number of carboxylic acid groups (broad SMARTS) is 1. The molecule has 2 aromatic carbocycles. The number of carboxylic acids is 1. The van der Waals surface area contributed by atoms with Crippen molar-refractivity contribution >= 4 is 33.3 Å². The average Bonchev–Trinajstić information content (AvgIpc) is 2.56. The van der Waals surface area contributed by atoms with Gasteiger partial charge >= 0.3 is 5.97 Å². The van der Waals surface area contributed by atoms with E-state index in [1.165, 1.54) is 0 Å². The van der Waals surface area contributed by atoms with E-state index in [0.29, 0.717) is 0 Å². The van der Waals surface area contributed by atoms with Crippen LogP contribution in [0.3, 0.4) is 0 Å². The lowest BCUT2D eigenvalue weighted by Gasteiger charge is -2.21. The molecular formula is C15H11ClFNO6S. The second-order valence-electron chi connectivity index (χ2n) is 5.03. The first-order valence-corrected chi connectivity index (χ1v) is 8.79. The topological polar surface area (TPSA) is 102 Å². The zero-order chi connectivity index (χ0) is 18.2. The Balaban J connectivity index is 2.05. The second kappa shape index (κ2) is 6.41. The van der Waals surface area contributed by atoms with Crippen molar-refractivity contribution in [2.24, 2.45) is 0 Å². The Morgan fingerprint density at radius 3 is 2.60 bits per heavy atom. The van der Waals surface area contributed by atoms with Gasteiger partial charge in [0.2, 0.25) is 0 Å². The molecule has 0 unspecified atom stereocenters. The Morgan fingerprint density at radius 1 is 1.20 bits per heavy atom. The van der Waals surface area contributed by atoms with Crippen LogP contribution >= 0.6 is 11.6 Å². The molecule has 0 aromatic heterocycles. The standard InChI is InChI=1S/C15H11ClFNO6S/c16-11-5-8(17)1-2-12(11)18-25(21,22)9-6-10(15(19)20)14-13(7-9)23-3-4-24-14/h1-2,5-7,18H,3-4H2,(H,19,20). The third kappa shape index (κ3) is 3.47. The molecule has 0 atom stereocenters. The lowest BCUT2D eigenvalue weighted by Crippen LogP contribution is -2.20. The van der Waals surface area contributed by atoms with Gasteiger partial charge in [0.25, 0.3) is 10.0 Å². The zero-order valence-corrected chi connectivity index (χ0v) is 14.0. The summed E-state index contributed by atoms with van der Waals surface area (Å²) in [5.41, 5.74) is -0.391. The summed E-state index contributed by atoms with van der Waals surface area (Å²) in [6, 6.07) is 5.25. The molecule has 132 valence electrons. The minimum absolute atomic E-state index is 0.0109. The summed E-state index contributed by atoms with van der Waals surface area (Å²) in [5, 5.41) is 9.14. The summed E-state index contributed by atoms with van der Waals surface area (Å²) >= 11 is 5.81. The molecule has 7 nitrogen and oxygen atoms in total. The number of hydrogen-bond donors (Lipinski definition) is 2. The third-order valence-corrected chi connectivity index (χ3v) is 4.99. The summed E-state index contributed by atoms with van der Waals surface area (Å²) in [5.74, 6) is -2.01. The Hall–Kier alpha value is -2.52. The molecule has 0 saturated carbocycles. The molecular weight excluding hydrogens is 377 g/mol. The van der Waals surface area contributed by atoms with Gasteiger partial charge in [0.05, 0.1) is 15.6 Å². The molecule has 0 amide bonds. The Bertz CT molecular complexity index is 963. The SMILES string of the molecule is O=C(O)c1cc(S(=O)(=O)Nc2ccc(F)cc2Cl)cc2c1OCCO2. The molecule has 0 aliphatic carbocycles. The summed E-state index contributed by atoms with van der Waals surface area (Å²) in [7, 11) is -4.19. The van der Waals surface area contributed by atoms with Gasteiger partial charge in [-0.05, 0) is 24.3 Å². The first-order chi connectivity index (χ1) is 11.8. The minimum atomic E-state index is -4.19. The maximum Gasteiger partial charge on any atom is 0.339 e. The van der Waals surface area contributed by atoms with E-state index in [1.807, 2.05) is 0 Å². The lowest BCUT2D eigenvalue weighted by atomic mass is 10.2. The van der Waals surface area contributed by atoms with E-state index in [4.69, 9.17) is 21.1 Å². The van der Waals surface area contributed by atoms with Crippen molar-refractivity contribution in [3.05, 3.63) is 46.7 Å². The maximum atomic E-state index is 13.1. The van der Waals surface area contributed by atoms with Gasteiger partial charge in [0, 0.05) is 6.07 Å². The van der Waals surface area contributed by atoms with E-state index < -0.39 is 21.8 Å². The number of aromatic carboxylic acids is 1. The van der Waals surface area contributed by atoms with Gasteiger partial charge in [-0.1, -0.05) is 11.6 Å². The number of anilines is 1. The fraction of sp³-hybridized carbons (Fsp3) is 0.133. The molecule has 0 fully saturated rings. The third-order valence-electron chi connectivity index (χ3n) is 3.33. The zero-order valence-electron chi connectivity index (χ0n) is 12.5. The lowest BCUT2D eigenvalue weighted by molar-refractivity contribution is 0.0685. The van der Waals surface area contributed by atoms with Crippen LogP contribution in [0.4, 0.5) is 10.1 Å².